The van der Waals surface area contributed by atoms with Gasteiger partial charge in [-0.05, 0) is 54.6 Å². The zero-order valence-corrected chi connectivity index (χ0v) is 19.1. The van der Waals surface area contributed by atoms with Gasteiger partial charge in [0.15, 0.2) is 0 Å². The van der Waals surface area contributed by atoms with Gasteiger partial charge in [-0.1, -0.05) is 24.3 Å². The lowest BCUT2D eigenvalue weighted by Gasteiger charge is -2.26. The summed E-state index contributed by atoms with van der Waals surface area (Å²) in [4.78, 5) is 27.2. The fourth-order valence-electron chi connectivity index (χ4n) is 4.17. The van der Waals surface area contributed by atoms with E-state index in [0.717, 1.165) is 16.9 Å². The number of ether oxygens (including phenoxy) is 1. The fraction of sp³-hybridized carbons (Fsp3) is 0.143. The van der Waals surface area contributed by atoms with Crippen molar-refractivity contribution in [2.24, 2.45) is 0 Å². The molecule has 176 valence electrons. The van der Waals surface area contributed by atoms with E-state index in [-0.39, 0.29) is 11.8 Å². The number of benzene rings is 3. The Balaban J connectivity index is 1.32. The van der Waals surface area contributed by atoms with Crippen molar-refractivity contribution >= 4 is 17.5 Å². The molecule has 0 aliphatic carbocycles. The Bertz CT molecular complexity index is 1410. The number of fused-ring (bicyclic) bond motifs is 1. The highest BCUT2D eigenvalue weighted by molar-refractivity contribution is 6.04. The number of hydrogen-bond acceptors (Lipinski definition) is 4. The Hall–Kier alpha value is -4.39. The Morgan fingerprint density at radius 2 is 1.77 bits per heavy atom. The van der Waals surface area contributed by atoms with E-state index >= 15 is 0 Å². The number of hydrogen-bond donors (Lipinski definition) is 1. The molecule has 1 N–H and O–H groups in total. The highest BCUT2D eigenvalue weighted by Gasteiger charge is 2.25. The molecule has 4 aromatic rings. The number of halogens is 1. The smallest absolute Gasteiger partial charge is 0.255 e. The Morgan fingerprint density at radius 1 is 0.971 bits per heavy atom. The molecule has 0 radical (unpaired) electrons. The van der Waals surface area contributed by atoms with Crippen LogP contribution in [0.5, 0.6) is 5.75 Å². The van der Waals surface area contributed by atoms with Crippen molar-refractivity contribution in [2.75, 3.05) is 19.0 Å². The quantitative estimate of drug-likeness (QED) is 0.415. The van der Waals surface area contributed by atoms with E-state index in [1.54, 1.807) is 42.3 Å². The Labute approximate surface area is 201 Å². The second-order valence-electron chi connectivity index (χ2n) is 8.31. The lowest BCUT2D eigenvalue weighted by molar-refractivity contribution is 0.0729. The normalized spacial score (nSPS) is 12.7. The monoisotopic (exact) mass is 470 g/mol. The number of nitrogens with zero attached hydrogens (tertiary/aromatic N) is 1. The molecule has 1 aliphatic rings. The topological polar surface area (TPSA) is 71.8 Å². The summed E-state index contributed by atoms with van der Waals surface area (Å²) in [7, 11) is 1.56. The van der Waals surface area contributed by atoms with E-state index < -0.39 is 5.82 Å². The average molecular weight is 471 g/mol. The van der Waals surface area contributed by atoms with E-state index in [1.807, 2.05) is 30.3 Å². The van der Waals surface area contributed by atoms with Crippen LogP contribution < -0.4 is 10.1 Å². The number of furan rings is 1. The number of methoxy groups -OCH3 is 1. The van der Waals surface area contributed by atoms with Crippen LogP contribution >= 0.6 is 0 Å². The van der Waals surface area contributed by atoms with Gasteiger partial charge >= 0.3 is 0 Å². The van der Waals surface area contributed by atoms with Crippen molar-refractivity contribution in [1.82, 2.24) is 4.90 Å². The minimum absolute atomic E-state index is 0.208. The minimum atomic E-state index is -0.433. The Kier molecular flexibility index (Phi) is 6.06. The summed E-state index contributed by atoms with van der Waals surface area (Å²) in [5.74, 6) is 1.21. The van der Waals surface area contributed by atoms with Crippen molar-refractivity contribution in [3.63, 3.8) is 0 Å². The predicted octanol–water partition coefficient (Wildman–Crippen LogP) is 5.55. The van der Waals surface area contributed by atoms with Crippen LogP contribution in [0.2, 0.25) is 0 Å². The maximum atomic E-state index is 13.5. The molecular weight excluding hydrogens is 447 g/mol. The van der Waals surface area contributed by atoms with Gasteiger partial charge in [0.25, 0.3) is 11.8 Å². The van der Waals surface area contributed by atoms with Crippen LogP contribution in [0.1, 0.15) is 32.0 Å². The van der Waals surface area contributed by atoms with Gasteiger partial charge in [0, 0.05) is 47.5 Å². The number of rotatable bonds is 5. The van der Waals surface area contributed by atoms with Crippen molar-refractivity contribution < 1.29 is 23.1 Å². The number of carbonyl (C=O) groups is 2. The van der Waals surface area contributed by atoms with Crippen LogP contribution in [0.15, 0.2) is 83.3 Å². The molecule has 0 spiro atoms. The summed E-state index contributed by atoms with van der Waals surface area (Å²) in [5, 5.41) is 2.91. The first-order valence-electron chi connectivity index (χ1n) is 11.2. The molecule has 0 fully saturated rings. The highest BCUT2D eigenvalue weighted by atomic mass is 19.1. The van der Waals surface area contributed by atoms with E-state index in [4.69, 9.17) is 9.15 Å². The second kappa shape index (κ2) is 9.46. The van der Waals surface area contributed by atoms with Crippen LogP contribution in [0.4, 0.5) is 10.1 Å². The molecule has 3 aromatic carbocycles. The third-order valence-electron chi connectivity index (χ3n) is 5.96. The van der Waals surface area contributed by atoms with Crippen molar-refractivity contribution in [3.8, 4) is 17.1 Å². The lowest BCUT2D eigenvalue weighted by Crippen LogP contribution is -2.35. The molecular formula is C28H23FN2O4. The molecule has 35 heavy (non-hydrogen) atoms. The third kappa shape index (κ3) is 4.80. The van der Waals surface area contributed by atoms with Crippen molar-refractivity contribution in [3.05, 3.63) is 107 Å². The van der Waals surface area contributed by atoms with Gasteiger partial charge in [0.1, 0.15) is 23.1 Å². The molecule has 5 rings (SSSR count). The van der Waals surface area contributed by atoms with Crippen LogP contribution in [0.3, 0.4) is 0 Å². The van der Waals surface area contributed by atoms with Gasteiger partial charge in [-0.2, -0.15) is 0 Å². The van der Waals surface area contributed by atoms with E-state index in [9.17, 15) is 14.0 Å². The molecule has 1 aliphatic heterocycles. The first-order chi connectivity index (χ1) is 17.0. The molecule has 2 heterocycles. The van der Waals surface area contributed by atoms with Crippen LogP contribution in [-0.2, 0) is 13.0 Å². The number of nitrogens with one attached hydrogen (secondary N) is 1. The Morgan fingerprint density at radius 3 is 2.60 bits per heavy atom. The molecule has 0 atom stereocenters. The van der Waals surface area contributed by atoms with Crippen LogP contribution in [0, 0.1) is 5.82 Å². The molecule has 1 aromatic heterocycles. The molecule has 2 amide bonds. The number of amides is 2. The maximum Gasteiger partial charge on any atom is 0.255 e. The van der Waals surface area contributed by atoms with E-state index in [0.29, 0.717) is 47.8 Å². The van der Waals surface area contributed by atoms with Crippen molar-refractivity contribution in [1.29, 1.82) is 0 Å². The SMILES string of the molecule is COc1cccc(C(=O)Nc2cccc(-c3cc4c(o3)CCN(C(=O)c3cccc(F)c3)C4)c2)c1. The lowest BCUT2D eigenvalue weighted by atomic mass is 10.1. The molecule has 0 saturated heterocycles. The third-order valence-corrected chi connectivity index (χ3v) is 5.96. The highest BCUT2D eigenvalue weighted by Crippen LogP contribution is 2.31. The van der Waals surface area contributed by atoms with E-state index in [2.05, 4.69) is 5.32 Å². The largest absolute Gasteiger partial charge is 0.497 e. The number of anilines is 1. The van der Waals surface area contributed by atoms with Crippen molar-refractivity contribution in [2.45, 2.75) is 13.0 Å². The summed E-state index contributed by atoms with van der Waals surface area (Å²) >= 11 is 0. The second-order valence-corrected chi connectivity index (χ2v) is 8.31. The van der Waals surface area contributed by atoms with E-state index in [1.165, 1.54) is 18.2 Å². The standard InChI is InChI=1S/C28H23FN2O4/c1-34-24-10-4-6-19(15-24)27(32)30-23-9-3-5-18(14-23)26-16-21-17-31(12-11-25(21)35-26)28(33)20-7-2-8-22(29)13-20/h2-10,13-16H,11-12,17H2,1H3,(H,30,32). The van der Waals surface area contributed by atoms with Gasteiger partial charge in [-0.25, -0.2) is 4.39 Å². The fourth-order valence-corrected chi connectivity index (χ4v) is 4.17. The first kappa shape index (κ1) is 22.4. The molecule has 0 bridgehead atoms. The molecule has 0 saturated carbocycles. The summed E-state index contributed by atoms with van der Waals surface area (Å²) in [6.45, 7) is 0.881. The van der Waals surface area contributed by atoms with Gasteiger partial charge in [-0.15, -0.1) is 0 Å². The maximum absolute atomic E-state index is 13.5. The van der Waals surface area contributed by atoms with Gasteiger partial charge in [0.2, 0.25) is 0 Å². The summed E-state index contributed by atoms with van der Waals surface area (Å²) < 4.78 is 24.8. The minimum Gasteiger partial charge on any atom is -0.497 e. The van der Waals surface area contributed by atoms with Crippen LogP contribution in [-0.4, -0.2) is 30.4 Å². The first-order valence-corrected chi connectivity index (χ1v) is 11.2. The molecule has 0 unspecified atom stereocenters. The van der Waals surface area contributed by atoms with Gasteiger partial charge < -0.3 is 19.4 Å². The zero-order chi connectivity index (χ0) is 24.4. The van der Waals surface area contributed by atoms with Crippen LogP contribution in [0.25, 0.3) is 11.3 Å². The molecule has 7 heteroatoms. The molecule has 6 nitrogen and oxygen atoms in total. The average Bonchev–Trinajstić information content (AvgIpc) is 3.32. The van der Waals surface area contributed by atoms with Gasteiger partial charge in [0.05, 0.1) is 7.11 Å². The van der Waals surface area contributed by atoms with Gasteiger partial charge in [-0.3, -0.25) is 9.59 Å². The predicted molar refractivity (Wildman–Crippen MR) is 130 cm³/mol. The summed E-state index contributed by atoms with van der Waals surface area (Å²) in [5.41, 5.74) is 3.18. The zero-order valence-electron chi connectivity index (χ0n) is 19.1. The number of carbonyl (C=O) groups excluding carboxylic acids is 2. The summed E-state index contributed by atoms with van der Waals surface area (Å²) in [6.07, 6.45) is 0.572. The summed E-state index contributed by atoms with van der Waals surface area (Å²) in [6, 6.07) is 22.0.